The Balaban J connectivity index is 0.00000256. The largest absolute Gasteiger partial charge is 0.497 e. The van der Waals surface area contributed by atoms with Crippen molar-refractivity contribution in [3.05, 3.63) is 29.8 Å². The smallest absolute Gasteiger partial charge is 0.247 e. The molecule has 17 heavy (non-hydrogen) atoms. The molecular formula is C10H12Cl4N2O. The standard InChI is InChI=1S/C10H11Cl3N2O.ClH/c1-16-8-4-2-3-7(5-8)6-15-9(14)10(11,12)13;/h2-5H,6H2,1H3,(H2,14,15);1H. The molecule has 0 unspecified atom stereocenters. The predicted octanol–water partition coefficient (Wildman–Crippen LogP) is 3.34. The number of ether oxygens (including phenoxy) is 1. The Morgan fingerprint density at radius 2 is 2.06 bits per heavy atom. The highest BCUT2D eigenvalue weighted by Crippen LogP contribution is 2.26. The van der Waals surface area contributed by atoms with Crippen molar-refractivity contribution in [2.45, 2.75) is 10.3 Å². The second-order valence-corrected chi connectivity index (χ2v) is 5.33. The molecule has 0 bridgehead atoms. The molecule has 0 saturated heterocycles. The molecule has 0 radical (unpaired) electrons. The van der Waals surface area contributed by atoms with Crippen molar-refractivity contribution >= 4 is 53.0 Å². The van der Waals surface area contributed by atoms with Crippen LogP contribution in [0.4, 0.5) is 0 Å². The molecule has 0 aromatic heterocycles. The number of hydrogen-bond donors (Lipinski definition) is 1. The average Bonchev–Trinajstić information content (AvgIpc) is 2.25. The van der Waals surface area contributed by atoms with Crippen LogP contribution in [0.5, 0.6) is 5.75 Å². The SMILES string of the molecule is COc1cccc(CN=C(N)C(Cl)(Cl)Cl)c1.Cl. The minimum atomic E-state index is -1.65. The maximum absolute atomic E-state index is 5.56. The van der Waals surface area contributed by atoms with Crippen LogP contribution in [0.1, 0.15) is 5.56 Å². The van der Waals surface area contributed by atoms with E-state index in [-0.39, 0.29) is 18.2 Å². The Hall–Kier alpha value is -0.350. The summed E-state index contributed by atoms with van der Waals surface area (Å²) >= 11 is 16.7. The lowest BCUT2D eigenvalue weighted by molar-refractivity contribution is 0.414. The number of amidine groups is 1. The van der Waals surface area contributed by atoms with E-state index in [9.17, 15) is 0 Å². The minimum absolute atomic E-state index is 0. The number of rotatable bonds is 3. The van der Waals surface area contributed by atoms with Crippen LogP contribution >= 0.6 is 47.2 Å². The van der Waals surface area contributed by atoms with E-state index in [0.29, 0.717) is 6.54 Å². The summed E-state index contributed by atoms with van der Waals surface area (Å²) in [6, 6.07) is 7.42. The summed E-state index contributed by atoms with van der Waals surface area (Å²) < 4.78 is 3.42. The number of nitrogens with two attached hydrogens (primary N) is 1. The normalized spacial score (nSPS) is 11.9. The van der Waals surface area contributed by atoms with Crippen LogP contribution in [0, 0.1) is 0 Å². The summed E-state index contributed by atoms with van der Waals surface area (Å²) in [4.78, 5) is 3.98. The zero-order valence-electron chi connectivity index (χ0n) is 8.99. The molecule has 0 spiro atoms. The van der Waals surface area contributed by atoms with Gasteiger partial charge in [-0.15, -0.1) is 12.4 Å². The Bertz CT molecular complexity index is 390. The fourth-order valence-electron chi connectivity index (χ4n) is 1.04. The van der Waals surface area contributed by atoms with Crippen molar-refractivity contribution in [2.75, 3.05) is 7.11 Å². The molecule has 0 aliphatic carbocycles. The predicted molar refractivity (Wildman–Crippen MR) is 75.9 cm³/mol. The van der Waals surface area contributed by atoms with Crippen LogP contribution in [0.2, 0.25) is 0 Å². The number of alkyl halides is 3. The van der Waals surface area contributed by atoms with Crippen molar-refractivity contribution in [1.82, 2.24) is 0 Å². The Morgan fingerprint density at radius 3 is 2.59 bits per heavy atom. The summed E-state index contributed by atoms with van der Waals surface area (Å²) in [5.74, 6) is 0.723. The average molecular weight is 318 g/mol. The highest BCUT2D eigenvalue weighted by atomic mass is 35.6. The van der Waals surface area contributed by atoms with E-state index < -0.39 is 3.79 Å². The quantitative estimate of drug-likeness (QED) is 0.528. The first-order valence-corrected chi connectivity index (χ1v) is 5.57. The lowest BCUT2D eigenvalue weighted by Gasteiger charge is -2.09. The molecule has 0 amide bonds. The van der Waals surface area contributed by atoms with Crippen LogP contribution in [0.3, 0.4) is 0 Å². The highest BCUT2D eigenvalue weighted by Gasteiger charge is 2.24. The summed E-state index contributed by atoms with van der Waals surface area (Å²) in [6.07, 6.45) is 0. The number of halogens is 4. The van der Waals surface area contributed by atoms with Crippen molar-refractivity contribution in [2.24, 2.45) is 10.7 Å². The van der Waals surface area contributed by atoms with Gasteiger partial charge < -0.3 is 10.5 Å². The number of benzene rings is 1. The number of aliphatic imine (C=N–C) groups is 1. The number of nitrogens with zero attached hydrogens (tertiary/aromatic N) is 1. The molecular weight excluding hydrogens is 306 g/mol. The van der Waals surface area contributed by atoms with Crippen LogP contribution in [-0.2, 0) is 6.54 Å². The lowest BCUT2D eigenvalue weighted by atomic mass is 10.2. The van der Waals surface area contributed by atoms with Gasteiger partial charge in [-0.1, -0.05) is 46.9 Å². The first-order chi connectivity index (χ1) is 7.43. The third-order valence-corrected chi connectivity index (χ3v) is 2.44. The molecule has 2 N–H and O–H groups in total. The van der Waals surface area contributed by atoms with Gasteiger partial charge in [0.05, 0.1) is 13.7 Å². The van der Waals surface area contributed by atoms with E-state index in [0.717, 1.165) is 11.3 Å². The van der Waals surface area contributed by atoms with Gasteiger partial charge in [0.2, 0.25) is 3.79 Å². The third-order valence-electron chi connectivity index (χ3n) is 1.86. The zero-order chi connectivity index (χ0) is 12.2. The van der Waals surface area contributed by atoms with Gasteiger partial charge >= 0.3 is 0 Å². The van der Waals surface area contributed by atoms with E-state index in [4.69, 9.17) is 45.3 Å². The maximum Gasteiger partial charge on any atom is 0.247 e. The van der Waals surface area contributed by atoms with Gasteiger partial charge in [-0.2, -0.15) is 0 Å². The Kier molecular flexibility index (Phi) is 7.02. The van der Waals surface area contributed by atoms with Gasteiger partial charge in [-0.3, -0.25) is 4.99 Å². The zero-order valence-corrected chi connectivity index (χ0v) is 12.1. The van der Waals surface area contributed by atoms with Crippen molar-refractivity contribution in [3.63, 3.8) is 0 Å². The van der Waals surface area contributed by atoms with Gasteiger partial charge in [0.1, 0.15) is 11.6 Å². The van der Waals surface area contributed by atoms with Crippen LogP contribution in [-0.4, -0.2) is 16.7 Å². The topological polar surface area (TPSA) is 47.6 Å². The third kappa shape index (κ3) is 5.68. The first kappa shape index (κ1) is 16.6. The van der Waals surface area contributed by atoms with Crippen LogP contribution in [0.15, 0.2) is 29.3 Å². The Labute approximate surface area is 121 Å². The lowest BCUT2D eigenvalue weighted by Crippen LogP contribution is -2.28. The summed E-state index contributed by atoms with van der Waals surface area (Å²) in [5.41, 5.74) is 6.42. The van der Waals surface area contributed by atoms with Gasteiger partial charge in [-0.25, -0.2) is 0 Å². The van der Waals surface area contributed by atoms with Gasteiger partial charge in [0.15, 0.2) is 0 Å². The summed E-state index contributed by atoms with van der Waals surface area (Å²) in [6.45, 7) is 0.344. The fourth-order valence-corrected chi connectivity index (χ4v) is 1.22. The molecule has 1 rings (SSSR count). The molecule has 0 heterocycles. The maximum atomic E-state index is 5.56. The second-order valence-electron chi connectivity index (χ2n) is 3.05. The molecule has 3 nitrogen and oxygen atoms in total. The van der Waals surface area contributed by atoms with Crippen LogP contribution in [0.25, 0.3) is 0 Å². The van der Waals surface area contributed by atoms with Gasteiger partial charge in [-0.05, 0) is 17.7 Å². The molecule has 0 saturated carbocycles. The molecule has 0 atom stereocenters. The highest BCUT2D eigenvalue weighted by molar-refractivity contribution is 6.76. The van der Waals surface area contributed by atoms with Crippen molar-refractivity contribution < 1.29 is 4.74 Å². The molecule has 96 valence electrons. The van der Waals surface area contributed by atoms with Gasteiger partial charge in [0, 0.05) is 0 Å². The van der Waals surface area contributed by atoms with E-state index in [2.05, 4.69) is 4.99 Å². The first-order valence-electron chi connectivity index (χ1n) is 4.43. The van der Waals surface area contributed by atoms with E-state index in [1.54, 1.807) is 7.11 Å². The van der Waals surface area contributed by atoms with E-state index >= 15 is 0 Å². The molecule has 0 aliphatic rings. The number of methoxy groups -OCH3 is 1. The van der Waals surface area contributed by atoms with E-state index in [1.165, 1.54) is 0 Å². The summed E-state index contributed by atoms with van der Waals surface area (Å²) in [7, 11) is 1.60. The number of hydrogen-bond acceptors (Lipinski definition) is 2. The second kappa shape index (κ2) is 7.17. The molecule has 1 aromatic rings. The van der Waals surface area contributed by atoms with E-state index in [1.807, 2.05) is 24.3 Å². The van der Waals surface area contributed by atoms with Crippen molar-refractivity contribution in [3.8, 4) is 5.75 Å². The summed E-state index contributed by atoms with van der Waals surface area (Å²) in [5, 5.41) is 0. The van der Waals surface area contributed by atoms with Crippen LogP contribution < -0.4 is 10.5 Å². The molecule has 0 aliphatic heterocycles. The Morgan fingerprint density at radius 1 is 1.41 bits per heavy atom. The van der Waals surface area contributed by atoms with Gasteiger partial charge in [0.25, 0.3) is 0 Å². The molecule has 7 heteroatoms. The molecule has 0 fully saturated rings. The minimum Gasteiger partial charge on any atom is -0.497 e. The fraction of sp³-hybridized carbons (Fsp3) is 0.300. The monoisotopic (exact) mass is 316 g/mol. The molecule has 1 aromatic carbocycles. The van der Waals surface area contributed by atoms with Crippen molar-refractivity contribution in [1.29, 1.82) is 0 Å².